The zero-order valence-corrected chi connectivity index (χ0v) is 9.79. The van der Waals surface area contributed by atoms with Crippen molar-refractivity contribution in [1.82, 2.24) is 4.98 Å². The fourth-order valence-electron chi connectivity index (χ4n) is 1.31. The van der Waals surface area contributed by atoms with Gasteiger partial charge in [0.05, 0.1) is 0 Å². The number of pyridine rings is 1. The number of rotatable bonds is 4. The van der Waals surface area contributed by atoms with E-state index in [9.17, 15) is 8.42 Å². The highest BCUT2D eigenvalue weighted by Gasteiger charge is 2.10. The van der Waals surface area contributed by atoms with Crippen molar-refractivity contribution in [3.8, 4) is 0 Å². The van der Waals surface area contributed by atoms with E-state index in [0.717, 1.165) is 24.7 Å². The predicted molar refractivity (Wildman–Crippen MR) is 59.2 cm³/mol. The minimum atomic E-state index is -3.21. The first-order valence-corrected chi connectivity index (χ1v) is 6.76. The molecular weight excluding hydrogens is 212 g/mol. The molecule has 1 aromatic rings. The molecule has 1 atom stereocenters. The molecule has 1 aromatic heterocycles. The van der Waals surface area contributed by atoms with Gasteiger partial charge in [0.1, 0.15) is 0 Å². The minimum absolute atomic E-state index is 0.0592. The number of nitrogens with zero attached hydrogens (tertiary/aromatic N) is 1. The topological polar surface area (TPSA) is 73.1 Å². The smallest absolute Gasteiger partial charge is 0.192 e. The Hall–Kier alpha value is -0.940. The lowest BCUT2D eigenvalue weighted by Gasteiger charge is -2.10. The van der Waals surface area contributed by atoms with Gasteiger partial charge < -0.3 is 5.73 Å². The van der Waals surface area contributed by atoms with Crippen molar-refractivity contribution < 1.29 is 8.42 Å². The maximum atomic E-state index is 11.1. The number of hydrogen-bond acceptors (Lipinski definition) is 4. The first kappa shape index (κ1) is 12.1. The van der Waals surface area contributed by atoms with Crippen LogP contribution in [0, 0.1) is 0 Å². The van der Waals surface area contributed by atoms with E-state index in [1.54, 1.807) is 6.07 Å². The molecule has 0 saturated heterocycles. The molecule has 0 aliphatic rings. The summed E-state index contributed by atoms with van der Waals surface area (Å²) in [4.78, 5) is 3.89. The van der Waals surface area contributed by atoms with Crippen LogP contribution in [0.4, 0.5) is 0 Å². The minimum Gasteiger partial charge on any atom is -0.324 e. The van der Waals surface area contributed by atoms with Crippen molar-refractivity contribution in [1.29, 1.82) is 0 Å². The summed E-state index contributed by atoms with van der Waals surface area (Å²) in [6.07, 6.45) is 4.55. The quantitative estimate of drug-likeness (QED) is 0.842. The lowest BCUT2D eigenvalue weighted by Crippen LogP contribution is -2.10. The molecule has 0 saturated carbocycles. The van der Waals surface area contributed by atoms with Crippen molar-refractivity contribution in [2.75, 3.05) is 6.26 Å². The van der Waals surface area contributed by atoms with Crippen LogP contribution in [0.3, 0.4) is 0 Å². The molecule has 15 heavy (non-hydrogen) atoms. The molecule has 1 rings (SSSR count). The van der Waals surface area contributed by atoms with Gasteiger partial charge in [-0.1, -0.05) is 19.4 Å². The number of nitrogens with two attached hydrogens (primary N) is 1. The molecule has 0 bridgehead atoms. The van der Waals surface area contributed by atoms with Crippen LogP contribution in [-0.4, -0.2) is 19.7 Å². The zero-order chi connectivity index (χ0) is 11.5. The molecule has 0 aliphatic heterocycles. The van der Waals surface area contributed by atoms with Crippen LogP contribution in [-0.2, 0) is 9.84 Å². The fourth-order valence-corrected chi connectivity index (χ4v) is 1.87. The van der Waals surface area contributed by atoms with Crippen molar-refractivity contribution in [3.63, 3.8) is 0 Å². The van der Waals surface area contributed by atoms with Gasteiger partial charge in [0.25, 0.3) is 0 Å². The maximum absolute atomic E-state index is 11.1. The van der Waals surface area contributed by atoms with Crippen LogP contribution < -0.4 is 5.73 Å². The maximum Gasteiger partial charge on any atom is 0.192 e. The van der Waals surface area contributed by atoms with Crippen molar-refractivity contribution in [2.24, 2.45) is 5.73 Å². The van der Waals surface area contributed by atoms with Crippen molar-refractivity contribution in [3.05, 3.63) is 23.9 Å². The molecule has 84 valence electrons. The van der Waals surface area contributed by atoms with Crippen molar-refractivity contribution >= 4 is 9.84 Å². The monoisotopic (exact) mass is 228 g/mol. The summed E-state index contributed by atoms with van der Waals surface area (Å²) in [5.41, 5.74) is 6.75. The van der Waals surface area contributed by atoms with Crippen LogP contribution >= 0.6 is 0 Å². The third-order valence-corrected chi connectivity index (χ3v) is 3.17. The summed E-state index contributed by atoms with van der Waals surface area (Å²) >= 11 is 0. The third-order valence-electron chi connectivity index (χ3n) is 2.17. The number of sulfone groups is 1. The van der Waals surface area contributed by atoms with Crippen LogP contribution in [0.2, 0.25) is 0 Å². The fraction of sp³-hybridized carbons (Fsp3) is 0.500. The van der Waals surface area contributed by atoms with E-state index in [-0.39, 0.29) is 11.1 Å². The summed E-state index contributed by atoms with van der Waals surface area (Å²) in [7, 11) is -3.21. The Balaban J connectivity index is 2.90. The second kappa shape index (κ2) is 4.72. The Morgan fingerprint density at radius 3 is 2.53 bits per heavy atom. The second-order valence-electron chi connectivity index (χ2n) is 3.60. The Kier molecular flexibility index (Phi) is 3.82. The van der Waals surface area contributed by atoms with E-state index in [2.05, 4.69) is 11.9 Å². The highest BCUT2D eigenvalue weighted by atomic mass is 32.2. The first-order valence-electron chi connectivity index (χ1n) is 4.86. The molecule has 2 N–H and O–H groups in total. The van der Waals surface area contributed by atoms with E-state index in [1.807, 2.05) is 0 Å². The van der Waals surface area contributed by atoms with E-state index in [0.29, 0.717) is 0 Å². The average molecular weight is 228 g/mol. The van der Waals surface area contributed by atoms with Crippen LogP contribution in [0.25, 0.3) is 0 Å². The van der Waals surface area contributed by atoms with Crippen LogP contribution in [0.15, 0.2) is 23.4 Å². The number of hydrogen-bond donors (Lipinski definition) is 1. The molecule has 0 unspecified atom stereocenters. The molecule has 5 heteroatoms. The molecule has 0 fully saturated rings. The van der Waals surface area contributed by atoms with Gasteiger partial charge in [0, 0.05) is 18.5 Å². The van der Waals surface area contributed by atoms with Gasteiger partial charge in [-0.2, -0.15) is 0 Å². The second-order valence-corrected chi connectivity index (χ2v) is 5.56. The third kappa shape index (κ3) is 3.28. The molecule has 1 heterocycles. The highest BCUT2D eigenvalue weighted by molar-refractivity contribution is 7.90. The van der Waals surface area contributed by atoms with Gasteiger partial charge in [-0.3, -0.25) is 0 Å². The van der Waals surface area contributed by atoms with Gasteiger partial charge >= 0.3 is 0 Å². The largest absolute Gasteiger partial charge is 0.324 e. The molecule has 0 spiro atoms. The van der Waals surface area contributed by atoms with Gasteiger partial charge in [-0.05, 0) is 18.1 Å². The van der Waals surface area contributed by atoms with Gasteiger partial charge in [0.15, 0.2) is 14.9 Å². The molecule has 0 aliphatic carbocycles. The van der Waals surface area contributed by atoms with Gasteiger partial charge in [-0.25, -0.2) is 13.4 Å². The highest BCUT2D eigenvalue weighted by Crippen LogP contribution is 2.15. The molecule has 0 amide bonds. The van der Waals surface area contributed by atoms with Crippen molar-refractivity contribution in [2.45, 2.75) is 30.8 Å². The molecular formula is C10H16N2O2S. The lowest BCUT2D eigenvalue weighted by molar-refractivity contribution is 0.597. The molecule has 0 radical (unpaired) electrons. The SMILES string of the molecule is CCC[C@@H](N)c1ccc(S(C)(=O)=O)nc1. The average Bonchev–Trinajstić information content (AvgIpc) is 2.17. The Morgan fingerprint density at radius 1 is 1.47 bits per heavy atom. The standard InChI is InChI=1S/C10H16N2O2S/c1-3-4-9(11)8-5-6-10(12-7-8)15(2,13)14/h5-7,9H,3-4,11H2,1-2H3/t9-/m1/s1. The zero-order valence-electron chi connectivity index (χ0n) is 8.97. The van der Waals surface area contributed by atoms with E-state index >= 15 is 0 Å². The van der Waals surface area contributed by atoms with E-state index in [4.69, 9.17) is 5.73 Å². The molecule has 4 nitrogen and oxygen atoms in total. The van der Waals surface area contributed by atoms with E-state index in [1.165, 1.54) is 12.3 Å². The first-order chi connectivity index (χ1) is 6.95. The summed E-state index contributed by atoms with van der Waals surface area (Å²) < 4.78 is 22.3. The Bertz CT molecular complexity index is 412. The number of aromatic nitrogens is 1. The van der Waals surface area contributed by atoms with E-state index < -0.39 is 9.84 Å². The summed E-state index contributed by atoms with van der Waals surface area (Å²) in [6.45, 7) is 2.05. The summed E-state index contributed by atoms with van der Waals surface area (Å²) in [6, 6.07) is 3.17. The lowest BCUT2D eigenvalue weighted by atomic mass is 10.1. The van der Waals surface area contributed by atoms with Gasteiger partial charge in [-0.15, -0.1) is 0 Å². The summed E-state index contributed by atoms with van der Waals surface area (Å²) in [5, 5.41) is 0.0925. The Labute approximate surface area is 90.4 Å². The van der Waals surface area contributed by atoms with Crippen LogP contribution in [0.5, 0.6) is 0 Å². The van der Waals surface area contributed by atoms with Crippen LogP contribution in [0.1, 0.15) is 31.4 Å². The Morgan fingerprint density at radius 2 is 2.13 bits per heavy atom. The molecule has 0 aromatic carbocycles. The normalized spacial score (nSPS) is 13.8. The predicted octanol–water partition coefficient (Wildman–Crippen LogP) is 1.29. The van der Waals surface area contributed by atoms with Gasteiger partial charge in [0.2, 0.25) is 0 Å². The summed E-state index contributed by atoms with van der Waals surface area (Å²) in [5.74, 6) is 0.